The van der Waals surface area contributed by atoms with Crippen molar-refractivity contribution in [2.75, 3.05) is 20.3 Å². The summed E-state index contributed by atoms with van der Waals surface area (Å²) in [6.07, 6.45) is 6.80. The normalized spacial score (nSPS) is 33.8. The van der Waals surface area contributed by atoms with Gasteiger partial charge in [-0.05, 0) is 67.9 Å². The number of amidine groups is 1. The number of ether oxygens (including phenoxy) is 1. The predicted octanol–water partition coefficient (Wildman–Crippen LogP) is 5.01. The fourth-order valence-electron chi connectivity index (χ4n) is 6.62. The average Bonchev–Trinajstić information content (AvgIpc) is 3.32. The van der Waals surface area contributed by atoms with E-state index in [2.05, 4.69) is 89.2 Å². The van der Waals surface area contributed by atoms with E-state index in [4.69, 9.17) is 9.73 Å². The Bertz CT molecular complexity index is 1110. The third kappa shape index (κ3) is 6.59. The molecule has 3 aliphatic rings. The van der Waals surface area contributed by atoms with Crippen molar-refractivity contribution in [3.63, 3.8) is 0 Å². The van der Waals surface area contributed by atoms with Gasteiger partial charge in [-0.25, -0.2) is 4.99 Å². The van der Waals surface area contributed by atoms with Crippen molar-refractivity contribution in [3.05, 3.63) is 34.7 Å². The number of rotatable bonds is 7. The molecule has 0 spiro atoms. The molecule has 1 aromatic heterocycles. The Morgan fingerprint density at radius 3 is 2.55 bits per heavy atom. The second-order valence-electron chi connectivity index (χ2n) is 14.0. The van der Waals surface area contributed by atoms with Crippen LogP contribution in [-0.4, -0.2) is 65.7 Å². The van der Waals surface area contributed by atoms with Gasteiger partial charge in [0.05, 0.1) is 12.2 Å². The van der Waals surface area contributed by atoms with Crippen LogP contribution in [0, 0.1) is 35.0 Å². The molecule has 2 aliphatic carbocycles. The largest absolute Gasteiger partial charge is 0.396 e. The fraction of sp³-hybridized carbons (Fsp3) is 0.727. The molecule has 7 nitrogen and oxygen atoms in total. The number of allylic oxidation sites excluding steroid dienone is 2. The molecule has 7 heteroatoms. The summed E-state index contributed by atoms with van der Waals surface area (Å²) in [4.78, 5) is 9.22. The van der Waals surface area contributed by atoms with E-state index >= 15 is 0 Å². The smallest absolute Gasteiger partial charge is 0.132 e. The number of hydrogen-bond donors (Lipinski definition) is 5. The molecule has 0 saturated heterocycles. The molecule has 1 fully saturated rings. The molecular formula is C33H54N4O3. The van der Waals surface area contributed by atoms with Gasteiger partial charge in [0.25, 0.3) is 0 Å². The van der Waals surface area contributed by atoms with Crippen LogP contribution in [0.2, 0.25) is 0 Å². The number of aliphatic imine (C=N–C) groups is 1. The number of hydrogen-bond acceptors (Lipinski definition) is 6. The third-order valence-corrected chi connectivity index (χ3v) is 9.92. The lowest BCUT2D eigenvalue weighted by Gasteiger charge is -2.29. The molecule has 1 saturated carbocycles. The first kappa shape index (κ1) is 31.0. The maximum absolute atomic E-state index is 10.8. The molecule has 0 radical (unpaired) electrons. The van der Waals surface area contributed by atoms with Crippen molar-refractivity contribution in [1.82, 2.24) is 15.6 Å². The standard InChI is InChI=1S/C33H54N4O3/c1-18-19(2)29(28-14-24-12-10-11-23(22(5)40-9)13-27(24)35-28)32(36-26-15-25(16-38)30(39)21(26)4)37-31(20(18)3)34-17-33(6,7)8/h10,12,14,18,20-23,25-26,30-31,34-35,38-39H,11,13,15-17H2,1-9H3,(H,36,37). The lowest BCUT2D eigenvalue weighted by molar-refractivity contribution is 0.0647. The molecule has 40 heavy (non-hydrogen) atoms. The van der Waals surface area contributed by atoms with Crippen LogP contribution < -0.4 is 10.6 Å². The monoisotopic (exact) mass is 554 g/mol. The lowest BCUT2D eigenvalue weighted by Crippen LogP contribution is -2.43. The van der Waals surface area contributed by atoms with E-state index in [9.17, 15) is 10.2 Å². The molecule has 5 N–H and O–H groups in total. The maximum atomic E-state index is 10.8. The fourth-order valence-corrected chi connectivity index (χ4v) is 6.62. The van der Waals surface area contributed by atoms with E-state index in [1.54, 1.807) is 7.11 Å². The zero-order valence-corrected chi connectivity index (χ0v) is 26.2. The highest BCUT2D eigenvalue weighted by molar-refractivity contribution is 6.23. The van der Waals surface area contributed by atoms with Crippen molar-refractivity contribution in [2.45, 2.75) is 99.1 Å². The van der Waals surface area contributed by atoms with Gasteiger partial charge in [-0.3, -0.25) is 5.32 Å². The van der Waals surface area contributed by atoms with Gasteiger partial charge in [-0.2, -0.15) is 0 Å². The summed E-state index contributed by atoms with van der Waals surface area (Å²) in [7, 11) is 1.80. The summed E-state index contributed by atoms with van der Waals surface area (Å²) in [6, 6.07) is 2.31. The maximum Gasteiger partial charge on any atom is 0.132 e. The Balaban J connectivity index is 1.76. The van der Waals surface area contributed by atoms with Gasteiger partial charge in [-0.15, -0.1) is 0 Å². The zero-order chi connectivity index (χ0) is 29.4. The number of aliphatic hydroxyl groups excluding tert-OH is 2. The van der Waals surface area contributed by atoms with Gasteiger partial charge in [0.2, 0.25) is 0 Å². The molecular weight excluding hydrogens is 500 g/mol. The Kier molecular flexibility index (Phi) is 9.71. The van der Waals surface area contributed by atoms with Crippen LogP contribution >= 0.6 is 0 Å². The van der Waals surface area contributed by atoms with Crippen LogP contribution in [0.25, 0.3) is 11.6 Å². The first-order chi connectivity index (χ1) is 18.8. The minimum absolute atomic E-state index is 0.00152. The number of fused-ring (bicyclic) bond motifs is 1. The second kappa shape index (κ2) is 12.5. The third-order valence-electron chi connectivity index (χ3n) is 9.92. The van der Waals surface area contributed by atoms with Crippen LogP contribution in [0.1, 0.15) is 85.2 Å². The molecule has 1 aliphatic heterocycles. The van der Waals surface area contributed by atoms with Gasteiger partial charge < -0.3 is 25.3 Å². The molecule has 224 valence electrons. The summed E-state index contributed by atoms with van der Waals surface area (Å²) in [5.74, 6) is 1.81. The van der Waals surface area contributed by atoms with Crippen molar-refractivity contribution >= 4 is 17.5 Å². The topological polar surface area (TPSA) is 102 Å². The lowest BCUT2D eigenvalue weighted by atomic mass is 9.84. The summed E-state index contributed by atoms with van der Waals surface area (Å²) < 4.78 is 5.70. The molecule has 0 amide bonds. The zero-order valence-electron chi connectivity index (χ0n) is 26.2. The van der Waals surface area contributed by atoms with Crippen molar-refractivity contribution < 1.29 is 14.9 Å². The number of aromatic nitrogens is 1. The molecule has 0 bridgehead atoms. The Morgan fingerprint density at radius 1 is 1.20 bits per heavy atom. The summed E-state index contributed by atoms with van der Waals surface area (Å²) in [5, 5.41) is 28.3. The Labute approximate surface area is 242 Å². The molecule has 4 rings (SSSR count). The quantitative estimate of drug-likeness (QED) is 0.326. The van der Waals surface area contributed by atoms with E-state index in [0.717, 1.165) is 42.9 Å². The first-order valence-corrected chi connectivity index (χ1v) is 15.3. The van der Waals surface area contributed by atoms with Crippen LogP contribution in [0.5, 0.6) is 0 Å². The minimum atomic E-state index is -0.526. The Morgan fingerprint density at radius 2 is 1.93 bits per heavy atom. The number of aliphatic hydroxyl groups is 2. The predicted molar refractivity (Wildman–Crippen MR) is 165 cm³/mol. The summed E-state index contributed by atoms with van der Waals surface area (Å²) in [5.41, 5.74) is 6.15. The minimum Gasteiger partial charge on any atom is -0.396 e. The van der Waals surface area contributed by atoms with Gasteiger partial charge in [0, 0.05) is 55.1 Å². The van der Waals surface area contributed by atoms with Crippen LogP contribution in [0.15, 0.2) is 22.7 Å². The van der Waals surface area contributed by atoms with Crippen molar-refractivity contribution in [3.8, 4) is 0 Å². The highest BCUT2D eigenvalue weighted by Gasteiger charge is 2.41. The molecule has 9 atom stereocenters. The SMILES string of the molecule is COC(C)C1CC=Cc2cc(C3=C(C)C(C)C(C)C(NCC(C)(C)C)N=C3NC3CC(CO)C(O)C3C)[nH]c2C1. The second-order valence-corrected chi connectivity index (χ2v) is 14.0. The Hall–Kier alpha value is -1.93. The number of nitrogens with one attached hydrogen (secondary N) is 3. The molecule has 2 heterocycles. The van der Waals surface area contributed by atoms with Gasteiger partial charge in [-0.1, -0.05) is 59.3 Å². The highest BCUT2D eigenvalue weighted by Crippen LogP contribution is 2.38. The van der Waals surface area contributed by atoms with Crippen molar-refractivity contribution in [1.29, 1.82) is 0 Å². The van der Waals surface area contributed by atoms with E-state index < -0.39 is 6.10 Å². The van der Waals surface area contributed by atoms with Crippen LogP contribution in [0.3, 0.4) is 0 Å². The number of nitrogens with zero attached hydrogens (tertiary/aromatic N) is 1. The molecule has 9 unspecified atom stereocenters. The van der Waals surface area contributed by atoms with Crippen LogP contribution in [-0.2, 0) is 11.2 Å². The molecule has 1 aromatic rings. The van der Waals surface area contributed by atoms with E-state index in [0.29, 0.717) is 17.8 Å². The number of aromatic amines is 1. The number of methoxy groups -OCH3 is 1. The van der Waals surface area contributed by atoms with Gasteiger partial charge in [0.1, 0.15) is 12.0 Å². The van der Waals surface area contributed by atoms with E-state index in [1.165, 1.54) is 16.8 Å². The summed E-state index contributed by atoms with van der Waals surface area (Å²) >= 11 is 0. The highest BCUT2D eigenvalue weighted by atomic mass is 16.5. The van der Waals surface area contributed by atoms with Crippen molar-refractivity contribution in [2.24, 2.45) is 40.0 Å². The van der Waals surface area contributed by atoms with Gasteiger partial charge in [0.15, 0.2) is 0 Å². The van der Waals surface area contributed by atoms with Gasteiger partial charge >= 0.3 is 0 Å². The van der Waals surface area contributed by atoms with Crippen LogP contribution in [0.4, 0.5) is 0 Å². The molecule has 0 aromatic carbocycles. The van der Waals surface area contributed by atoms with E-state index in [1.807, 2.05) is 0 Å². The average molecular weight is 555 g/mol. The van der Waals surface area contributed by atoms with E-state index in [-0.39, 0.29) is 42.2 Å². The number of H-pyrrole nitrogens is 1. The first-order valence-electron chi connectivity index (χ1n) is 15.3. The summed E-state index contributed by atoms with van der Waals surface area (Å²) in [6.45, 7) is 18.7.